The van der Waals surface area contributed by atoms with Crippen molar-refractivity contribution in [2.45, 2.75) is 13.1 Å². The molecule has 0 radical (unpaired) electrons. The lowest BCUT2D eigenvalue weighted by atomic mass is 10.1. The van der Waals surface area contributed by atoms with Gasteiger partial charge in [0.2, 0.25) is 0 Å². The molecule has 0 aliphatic rings. The molecule has 0 amide bonds. The van der Waals surface area contributed by atoms with Crippen LogP contribution in [0.15, 0.2) is 18.2 Å². The van der Waals surface area contributed by atoms with Crippen LogP contribution in [-0.4, -0.2) is 6.54 Å². The molecular formula is C11H10ClF3N2. The number of benzene rings is 1. The van der Waals surface area contributed by atoms with Crippen LogP contribution in [0.25, 0.3) is 0 Å². The summed E-state index contributed by atoms with van der Waals surface area (Å²) in [7, 11) is 0. The number of anilines is 1. The zero-order valence-corrected chi connectivity index (χ0v) is 9.73. The van der Waals surface area contributed by atoms with Gasteiger partial charge in [0.15, 0.2) is 0 Å². The number of rotatable bonds is 3. The smallest absolute Gasteiger partial charge is 0.383 e. The van der Waals surface area contributed by atoms with Gasteiger partial charge in [0, 0.05) is 6.54 Å². The lowest BCUT2D eigenvalue weighted by molar-refractivity contribution is -0.137. The first kappa shape index (κ1) is 13.7. The average Bonchev–Trinajstić information content (AvgIpc) is 2.25. The minimum absolute atomic E-state index is 0.00929. The number of alkyl halides is 3. The molecular weight excluding hydrogens is 253 g/mol. The van der Waals surface area contributed by atoms with Crippen LogP contribution in [0.4, 0.5) is 18.9 Å². The maximum atomic E-state index is 12.3. The molecule has 0 aromatic heterocycles. The highest BCUT2D eigenvalue weighted by molar-refractivity contribution is 6.33. The van der Waals surface area contributed by atoms with E-state index in [4.69, 9.17) is 16.9 Å². The van der Waals surface area contributed by atoms with E-state index in [1.807, 2.05) is 6.07 Å². The van der Waals surface area contributed by atoms with Gasteiger partial charge >= 0.3 is 6.18 Å². The molecule has 17 heavy (non-hydrogen) atoms. The van der Waals surface area contributed by atoms with Crippen molar-refractivity contribution in [3.8, 4) is 6.07 Å². The van der Waals surface area contributed by atoms with Crippen molar-refractivity contribution >= 4 is 17.3 Å². The molecule has 0 bridgehead atoms. The fraction of sp³-hybridized carbons (Fsp3) is 0.364. The van der Waals surface area contributed by atoms with Crippen molar-refractivity contribution in [1.29, 1.82) is 5.26 Å². The highest BCUT2D eigenvalue weighted by atomic mass is 35.5. The molecule has 1 N–H and O–H groups in total. The van der Waals surface area contributed by atoms with Crippen LogP contribution >= 0.6 is 11.6 Å². The second-order valence-corrected chi connectivity index (χ2v) is 4.01. The third kappa shape index (κ3) is 3.82. The Morgan fingerprint density at radius 2 is 2.12 bits per heavy atom. The topological polar surface area (TPSA) is 35.8 Å². The summed E-state index contributed by atoms with van der Waals surface area (Å²) in [5.41, 5.74) is -0.400. The number of hydrogen-bond acceptors (Lipinski definition) is 2. The fourth-order valence-electron chi connectivity index (χ4n) is 1.14. The third-order valence-corrected chi connectivity index (χ3v) is 2.43. The van der Waals surface area contributed by atoms with E-state index in [2.05, 4.69) is 5.32 Å². The Morgan fingerprint density at radius 3 is 2.59 bits per heavy atom. The van der Waals surface area contributed by atoms with Gasteiger partial charge in [-0.05, 0) is 25.1 Å². The number of hydrogen-bond donors (Lipinski definition) is 1. The molecule has 0 fully saturated rings. The van der Waals surface area contributed by atoms with Crippen molar-refractivity contribution < 1.29 is 13.2 Å². The largest absolute Gasteiger partial charge is 0.416 e. The molecule has 1 rings (SSSR count). The number of nitrogens with zero attached hydrogens (tertiary/aromatic N) is 1. The summed E-state index contributed by atoms with van der Waals surface area (Å²) in [6.07, 6.45) is -4.40. The van der Waals surface area contributed by atoms with Crippen molar-refractivity contribution in [3.63, 3.8) is 0 Å². The molecule has 1 atom stereocenters. The zero-order valence-electron chi connectivity index (χ0n) is 8.98. The van der Waals surface area contributed by atoms with E-state index in [1.54, 1.807) is 6.92 Å². The minimum atomic E-state index is -4.40. The van der Waals surface area contributed by atoms with Crippen molar-refractivity contribution in [2.24, 2.45) is 5.92 Å². The Balaban J connectivity index is 2.81. The van der Waals surface area contributed by atoms with Crippen LogP contribution in [0.2, 0.25) is 5.02 Å². The van der Waals surface area contributed by atoms with Gasteiger partial charge in [0.05, 0.1) is 28.3 Å². The molecule has 1 unspecified atom stereocenters. The summed E-state index contributed by atoms with van der Waals surface area (Å²) < 4.78 is 37.0. The second kappa shape index (κ2) is 5.28. The van der Waals surface area contributed by atoms with E-state index in [0.717, 1.165) is 12.1 Å². The van der Waals surface area contributed by atoms with E-state index < -0.39 is 11.7 Å². The number of halogens is 4. The quantitative estimate of drug-likeness (QED) is 0.896. The Kier molecular flexibility index (Phi) is 4.24. The number of nitriles is 1. The molecule has 0 aliphatic heterocycles. The summed E-state index contributed by atoms with van der Waals surface area (Å²) in [6, 6.07) is 5.08. The van der Waals surface area contributed by atoms with E-state index in [9.17, 15) is 13.2 Å². The molecule has 0 heterocycles. The Labute approximate surface area is 102 Å². The first-order valence-corrected chi connectivity index (χ1v) is 5.22. The number of nitrogens with one attached hydrogen (secondary N) is 1. The van der Waals surface area contributed by atoms with Crippen molar-refractivity contribution in [1.82, 2.24) is 0 Å². The Hall–Kier alpha value is -1.41. The van der Waals surface area contributed by atoms with Gasteiger partial charge in [-0.15, -0.1) is 0 Å². The lowest BCUT2D eigenvalue weighted by Gasteiger charge is -2.12. The molecule has 1 aromatic rings. The van der Waals surface area contributed by atoms with Crippen LogP contribution < -0.4 is 5.32 Å². The summed E-state index contributed by atoms with van der Waals surface area (Å²) in [4.78, 5) is 0. The van der Waals surface area contributed by atoms with Crippen molar-refractivity contribution in [2.75, 3.05) is 11.9 Å². The molecule has 6 heteroatoms. The van der Waals surface area contributed by atoms with E-state index >= 15 is 0 Å². The monoisotopic (exact) mass is 262 g/mol. The first-order chi connectivity index (χ1) is 7.84. The molecule has 2 nitrogen and oxygen atoms in total. The molecule has 0 saturated heterocycles. The van der Waals surface area contributed by atoms with Crippen molar-refractivity contribution in [3.05, 3.63) is 28.8 Å². The van der Waals surface area contributed by atoms with Crippen LogP contribution in [0, 0.1) is 17.2 Å². The standard InChI is InChI=1S/C11H10ClF3N2/c1-7(5-16)6-17-10-3-2-8(4-9(10)12)11(13,14)15/h2-4,7,17H,6H2,1H3. The van der Waals surface area contributed by atoms with Gasteiger partial charge in [0.25, 0.3) is 0 Å². The van der Waals surface area contributed by atoms with Gasteiger partial charge in [-0.2, -0.15) is 18.4 Å². The Morgan fingerprint density at radius 1 is 1.47 bits per heavy atom. The zero-order chi connectivity index (χ0) is 13.1. The predicted octanol–water partition coefficient (Wildman–Crippen LogP) is 3.93. The first-order valence-electron chi connectivity index (χ1n) is 4.85. The summed E-state index contributed by atoms with van der Waals surface area (Å²) >= 11 is 5.72. The van der Waals surface area contributed by atoms with E-state index in [0.29, 0.717) is 12.2 Å². The molecule has 1 aromatic carbocycles. The normalized spacial score (nSPS) is 12.9. The maximum absolute atomic E-state index is 12.3. The van der Waals surface area contributed by atoms with Crippen LogP contribution in [0.1, 0.15) is 12.5 Å². The highest BCUT2D eigenvalue weighted by Gasteiger charge is 2.30. The lowest BCUT2D eigenvalue weighted by Crippen LogP contribution is -2.10. The molecule has 0 aliphatic carbocycles. The average molecular weight is 263 g/mol. The summed E-state index contributed by atoms with van der Waals surface area (Å²) in [6.45, 7) is 2.03. The van der Waals surface area contributed by atoms with E-state index in [-0.39, 0.29) is 10.9 Å². The van der Waals surface area contributed by atoms with Crippen LogP contribution in [0.3, 0.4) is 0 Å². The molecule has 92 valence electrons. The van der Waals surface area contributed by atoms with Gasteiger partial charge < -0.3 is 5.32 Å². The van der Waals surface area contributed by atoms with Gasteiger partial charge in [-0.1, -0.05) is 11.6 Å². The highest BCUT2D eigenvalue weighted by Crippen LogP contribution is 2.33. The SMILES string of the molecule is CC(C#N)CNc1ccc(C(F)(F)F)cc1Cl. The maximum Gasteiger partial charge on any atom is 0.416 e. The Bertz CT molecular complexity index is 437. The van der Waals surface area contributed by atoms with Crippen LogP contribution in [-0.2, 0) is 6.18 Å². The van der Waals surface area contributed by atoms with Gasteiger partial charge in [-0.25, -0.2) is 0 Å². The fourth-order valence-corrected chi connectivity index (χ4v) is 1.39. The van der Waals surface area contributed by atoms with Crippen LogP contribution in [0.5, 0.6) is 0 Å². The molecule has 0 spiro atoms. The summed E-state index contributed by atoms with van der Waals surface area (Å²) in [5.74, 6) is -0.242. The molecule has 0 saturated carbocycles. The second-order valence-electron chi connectivity index (χ2n) is 3.60. The van der Waals surface area contributed by atoms with E-state index in [1.165, 1.54) is 6.07 Å². The minimum Gasteiger partial charge on any atom is -0.383 e. The predicted molar refractivity (Wildman–Crippen MR) is 59.7 cm³/mol. The van der Waals surface area contributed by atoms with Gasteiger partial charge in [-0.3, -0.25) is 0 Å². The summed E-state index contributed by atoms with van der Waals surface area (Å²) in [5, 5.41) is 11.4. The third-order valence-electron chi connectivity index (χ3n) is 2.12. The van der Waals surface area contributed by atoms with Gasteiger partial charge in [0.1, 0.15) is 0 Å².